The number of hydrogen-bond donors (Lipinski definition) is 0. The average Bonchev–Trinajstić information content (AvgIpc) is 3.13. The van der Waals surface area contributed by atoms with Crippen molar-refractivity contribution in [3.63, 3.8) is 0 Å². The molecule has 8 aromatic rings. The second-order valence-corrected chi connectivity index (χ2v) is 12.2. The predicted octanol–water partition coefficient (Wildman–Crippen LogP) is 1.65. The molecular weight excluding hydrogens is 567 g/mol. The second-order valence-electron chi connectivity index (χ2n) is 12.2. The molecule has 0 saturated heterocycles. The quantitative estimate of drug-likeness (QED) is 0.219. The fraction of sp³-hybridized carbons (Fsp3) is 0. The van der Waals surface area contributed by atoms with Crippen LogP contribution in [0.3, 0.4) is 0 Å². The largest absolute Gasteiger partial charge is 0.113 e. The first kappa shape index (κ1) is 30.6. The van der Waals surface area contributed by atoms with Crippen LogP contribution < -0.4 is 43.7 Å². The van der Waals surface area contributed by atoms with Crippen LogP contribution in [0, 0.1) is 0 Å². The molecule has 0 aliphatic heterocycles. The molecule has 0 aliphatic rings. The summed E-state index contributed by atoms with van der Waals surface area (Å²) < 4.78 is 0. The molecule has 0 fully saturated rings. The van der Waals surface area contributed by atoms with Crippen LogP contribution in [0.1, 0.15) is 0 Å². The van der Waals surface area contributed by atoms with Gasteiger partial charge in [-0.3, -0.25) is 0 Å². The summed E-state index contributed by atoms with van der Waals surface area (Å²) in [5.74, 6) is 0. The van der Waals surface area contributed by atoms with E-state index < -0.39 is 0 Å². The van der Waals surface area contributed by atoms with Crippen molar-refractivity contribution in [3.8, 4) is 33.4 Å². The number of benzene rings is 8. The van der Waals surface area contributed by atoms with Gasteiger partial charge in [-0.2, -0.15) is 0 Å². The van der Waals surface area contributed by atoms with Crippen molar-refractivity contribution < 1.29 is 0 Å². The number of hydrogen-bond acceptors (Lipinski definition) is 0. The number of rotatable bonds is 3. The molecule has 16 radical (unpaired) electrons. The Morgan fingerprint density at radius 3 is 1.19 bits per heavy atom. The van der Waals surface area contributed by atoms with Gasteiger partial charge in [0.25, 0.3) is 0 Å². The lowest BCUT2D eigenvalue weighted by Crippen LogP contribution is -2.50. The van der Waals surface area contributed by atoms with Crippen LogP contribution in [0.15, 0.2) is 109 Å². The van der Waals surface area contributed by atoms with Gasteiger partial charge in [-0.05, 0) is 82.5 Å². The maximum atomic E-state index is 6.97. The summed E-state index contributed by atoms with van der Waals surface area (Å²) >= 11 is 0. The summed E-state index contributed by atoms with van der Waals surface area (Å²) in [4.78, 5) is 0. The van der Waals surface area contributed by atoms with Gasteiger partial charge in [-0.25, -0.2) is 0 Å². The zero-order valence-electron chi connectivity index (χ0n) is 26.0. The second kappa shape index (κ2) is 11.5. The van der Waals surface area contributed by atoms with Crippen LogP contribution in [0.25, 0.3) is 76.5 Å². The van der Waals surface area contributed by atoms with E-state index in [0.717, 1.165) is 43.8 Å². The SMILES string of the molecule is [B]c1c([B])c([B])c2c(-c3cccc4ccccc34)c3c([B])c([B])c([B])c([B])c3c(-c3cccc(-c4cccc5ccccc45)c3)c2c1[B]. The minimum Gasteiger partial charge on any atom is -0.110 e. The first-order valence-electron chi connectivity index (χ1n) is 15.5. The lowest BCUT2D eigenvalue weighted by molar-refractivity contribution is 1.64. The van der Waals surface area contributed by atoms with Gasteiger partial charge in [0.2, 0.25) is 0 Å². The van der Waals surface area contributed by atoms with Gasteiger partial charge in [0.15, 0.2) is 0 Å². The summed E-state index contributed by atoms with van der Waals surface area (Å²) in [5.41, 5.74) is 6.95. The standard InChI is InChI=1S/C40H18B8/c41-33-29-27(22-13-5-12-21(18-22)25-16-6-10-19-8-1-3-14-23(19)25)30-32(36(44)40(48)38(46)34(30)42)28(31(29)35(43)39(47)37(33)45)26-17-7-11-20-9-2-4-15-24(20)26/h1-18H. The molecule has 0 bridgehead atoms. The van der Waals surface area contributed by atoms with E-state index in [4.69, 9.17) is 62.8 Å². The molecule has 8 rings (SSSR count). The molecule has 48 heavy (non-hydrogen) atoms. The van der Waals surface area contributed by atoms with Crippen LogP contribution >= 0.6 is 0 Å². The Kier molecular flexibility index (Phi) is 7.33. The lowest BCUT2D eigenvalue weighted by Gasteiger charge is -2.29. The van der Waals surface area contributed by atoms with Crippen LogP contribution in [0.5, 0.6) is 0 Å². The van der Waals surface area contributed by atoms with E-state index in [-0.39, 0.29) is 43.7 Å². The lowest BCUT2D eigenvalue weighted by atomic mass is 9.59. The van der Waals surface area contributed by atoms with E-state index >= 15 is 0 Å². The van der Waals surface area contributed by atoms with E-state index in [1.807, 2.05) is 66.7 Å². The van der Waals surface area contributed by atoms with Crippen molar-refractivity contribution in [1.82, 2.24) is 0 Å². The molecule has 8 heteroatoms. The van der Waals surface area contributed by atoms with Gasteiger partial charge < -0.3 is 0 Å². The summed E-state index contributed by atoms with van der Waals surface area (Å²) in [7, 11) is 54.2. The first-order valence-corrected chi connectivity index (χ1v) is 15.5. The summed E-state index contributed by atoms with van der Waals surface area (Å²) in [6.07, 6.45) is 0. The summed E-state index contributed by atoms with van der Waals surface area (Å²) in [5, 5.41) is 6.65. The zero-order chi connectivity index (χ0) is 33.4. The summed E-state index contributed by atoms with van der Waals surface area (Å²) in [6, 6.07) is 36.9. The molecule has 0 aliphatic carbocycles. The van der Waals surface area contributed by atoms with Crippen molar-refractivity contribution >= 4 is 150 Å². The van der Waals surface area contributed by atoms with E-state index in [1.54, 1.807) is 0 Å². The molecule has 0 aromatic heterocycles. The van der Waals surface area contributed by atoms with Gasteiger partial charge in [-0.1, -0.05) is 125 Å². The van der Waals surface area contributed by atoms with Crippen LogP contribution in [0.4, 0.5) is 0 Å². The van der Waals surface area contributed by atoms with Crippen molar-refractivity contribution in [2.75, 3.05) is 0 Å². The van der Waals surface area contributed by atoms with Gasteiger partial charge in [0, 0.05) is 0 Å². The molecule has 0 amide bonds. The van der Waals surface area contributed by atoms with E-state index in [9.17, 15) is 0 Å². The third-order valence-electron chi connectivity index (χ3n) is 9.63. The normalized spacial score (nSPS) is 11.6. The minimum absolute atomic E-state index is 0.185. The van der Waals surface area contributed by atoms with Crippen LogP contribution in [0.2, 0.25) is 0 Å². The fourth-order valence-electron chi connectivity index (χ4n) is 7.27. The predicted molar refractivity (Wildman–Crippen MR) is 216 cm³/mol. The van der Waals surface area contributed by atoms with E-state index in [2.05, 4.69) is 42.5 Å². The fourth-order valence-corrected chi connectivity index (χ4v) is 7.27. The summed E-state index contributed by atoms with van der Waals surface area (Å²) in [6.45, 7) is 0. The third kappa shape index (κ3) is 4.42. The molecule has 8 aromatic carbocycles. The molecule has 0 heterocycles. The highest BCUT2D eigenvalue weighted by molar-refractivity contribution is 6.71. The van der Waals surface area contributed by atoms with Crippen molar-refractivity contribution in [1.29, 1.82) is 0 Å². The van der Waals surface area contributed by atoms with E-state index in [1.165, 1.54) is 0 Å². The molecule has 0 saturated carbocycles. The first-order chi connectivity index (χ1) is 23.2. The Bertz CT molecular complexity index is 2570. The Morgan fingerprint density at radius 2 is 0.667 bits per heavy atom. The Labute approximate surface area is 291 Å². The highest BCUT2D eigenvalue weighted by Gasteiger charge is 2.25. The molecule has 0 unspecified atom stereocenters. The molecular formula is C40H18B8. The van der Waals surface area contributed by atoms with Gasteiger partial charge in [-0.15, -0.1) is 21.9 Å². The Morgan fingerprint density at radius 1 is 0.292 bits per heavy atom. The number of fused-ring (bicyclic) bond motifs is 4. The van der Waals surface area contributed by atoms with Crippen molar-refractivity contribution in [2.45, 2.75) is 0 Å². The smallest absolute Gasteiger partial charge is 0.110 e. The Hall–Kier alpha value is -4.68. The van der Waals surface area contributed by atoms with Crippen LogP contribution in [-0.2, 0) is 0 Å². The molecule has 0 N–H and O–H groups in total. The zero-order valence-corrected chi connectivity index (χ0v) is 26.0. The van der Waals surface area contributed by atoms with Gasteiger partial charge in [0.05, 0.1) is 0 Å². The van der Waals surface area contributed by atoms with Crippen molar-refractivity contribution in [3.05, 3.63) is 109 Å². The van der Waals surface area contributed by atoms with E-state index in [0.29, 0.717) is 32.7 Å². The monoisotopic (exact) mass is 586 g/mol. The Balaban J connectivity index is 1.62. The van der Waals surface area contributed by atoms with Gasteiger partial charge in [0.1, 0.15) is 62.8 Å². The minimum atomic E-state index is 0.185. The van der Waals surface area contributed by atoms with Crippen molar-refractivity contribution in [2.24, 2.45) is 0 Å². The highest BCUT2D eigenvalue weighted by Crippen LogP contribution is 2.43. The molecule has 0 nitrogen and oxygen atoms in total. The average molecular weight is 585 g/mol. The van der Waals surface area contributed by atoms with Crippen LogP contribution in [-0.4, -0.2) is 62.8 Å². The van der Waals surface area contributed by atoms with Gasteiger partial charge >= 0.3 is 0 Å². The topological polar surface area (TPSA) is 0 Å². The molecule has 0 atom stereocenters. The highest BCUT2D eigenvalue weighted by atomic mass is 14.3. The maximum absolute atomic E-state index is 6.97. The maximum Gasteiger partial charge on any atom is 0.113 e. The molecule has 0 spiro atoms. The molecule has 202 valence electrons. The third-order valence-corrected chi connectivity index (χ3v) is 9.63.